The van der Waals surface area contributed by atoms with Crippen LogP contribution in [0.25, 0.3) is 0 Å². The number of ether oxygens (including phenoxy) is 2. The van der Waals surface area contributed by atoms with E-state index in [1.807, 2.05) is 24.3 Å². The normalized spacial score (nSPS) is 9.65. The van der Waals surface area contributed by atoms with Crippen LogP contribution in [-0.2, 0) is 16.0 Å². The van der Waals surface area contributed by atoms with Crippen LogP contribution < -0.4 is 15.4 Å². The number of aryl methyl sites for hydroxylation is 1. The van der Waals surface area contributed by atoms with Crippen molar-refractivity contribution in [3.05, 3.63) is 53.6 Å². The molecule has 0 heterocycles. The van der Waals surface area contributed by atoms with E-state index in [4.69, 9.17) is 9.47 Å². The summed E-state index contributed by atoms with van der Waals surface area (Å²) in [5.41, 5.74) is 2.51. The number of anilines is 2. The van der Waals surface area contributed by atoms with Crippen LogP contribution in [0.15, 0.2) is 42.5 Å². The van der Waals surface area contributed by atoms with Gasteiger partial charge in [0.15, 0.2) is 0 Å². The van der Waals surface area contributed by atoms with Gasteiger partial charge >= 0.3 is 5.97 Å². The van der Waals surface area contributed by atoms with E-state index in [9.17, 15) is 9.59 Å². The lowest BCUT2D eigenvalue weighted by Gasteiger charge is -2.12. The summed E-state index contributed by atoms with van der Waals surface area (Å²) in [5.74, 6) is 0.0823. The second kappa shape index (κ2) is 10.3. The van der Waals surface area contributed by atoms with Gasteiger partial charge in [-0.05, 0) is 42.3 Å². The Balaban J connectivity index is 0.00000338. The quantitative estimate of drug-likeness (QED) is 0.721. The van der Waals surface area contributed by atoms with Crippen molar-refractivity contribution in [3.63, 3.8) is 0 Å². The number of hydrogen-bond donors (Lipinski definition) is 2. The highest BCUT2D eigenvalue weighted by Crippen LogP contribution is 2.22. The van der Waals surface area contributed by atoms with Crippen molar-refractivity contribution in [2.24, 2.45) is 0 Å². The zero-order valence-electron chi connectivity index (χ0n) is 15.0. The van der Waals surface area contributed by atoms with Crippen molar-refractivity contribution >= 4 is 35.7 Å². The number of halogens is 1. The number of carbonyl (C=O) groups excluding carboxylic acids is 2. The van der Waals surface area contributed by atoms with Crippen molar-refractivity contribution in [2.45, 2.75) is 12.8 Å². The third-order valence-corrected chi connectivity index (χ3v) is 3.76. The molecule has 0 bridgehead atoms. The second-order valence-corrected chi connectivity index (χ2v) is 5.40. The first-order chi connectivity index (χ1) is 12.1. The van der Waals surface area contributed by atoms with E-state index in [1.165, 1.54) is 7.11 Å². The van der Waals surface area contributed by atoms with Crippen LogP contribution in [-0.4, -0.2) is 33.1 Å². The maximum Gasteiger partial charge on any atom is 0.340 e. The van der Waals surface area contributed by atoms with Crippen molar-refractivity contribution in [1.82, 2.24) is 0 Å². The average molecular weight is 379 g/mol. The highest BCUT2D eigenvalue weighted by atomic mass is 35.5. The third-order valence-electron chi connectivity index (χ3n) is 3.76. The smallest absolute Gasteiger partial charge is 0.340 e. The van der Waals surface area contributed by atoms with E-state index in [2.05, 4.69) is 10.6 Å². The van der Waals surface area contributed by atoms with Crippen molar-refractivity contribution in [3.8, 4) is 5.75 Å². The predicted octanol–water partition coefficient (Wildman–Crippen LogP) is 3.52. The third kappa shape index (κ3) is 5.67. The lowest BCUT2D eigenvalue weighted by molar-refractivity contribution is -0.116. The highest BCUT2D eigenvalue weighted by molar-refractivity contribution is 6.02. The molecule has 0 aliphatic heterocycles. The fourth-order valence-corrected chi connectivity index (χ4v) is 2.39. The van der Waals surface area contributed by atoms with Crippen LogP contribution in [0.5, 0.6) is 5.75 Å². The molecule has 0 aliphatic carbocycles. The zero-order valence-corrected chi connectivity index (χ0v) is 15.8. The van der Waals surface area contributed by atoms with E-state index in [0.717, 1.165) is 17.0 Å². The predicted molar refractivity (Wildman–Crippen MR) is 105 cm³/mol. The van der Waals surface area contributed by atoms with Gasteiger partial charge in [0.25, 0.3) is 0 Å². The molecule has 2 rings (SSSR count). The lowest BCUT2D eigenvalue weighted by Crippen LogP contribution is -2.16. The number of amides is 1. The van der Waals surface area contributed by atoms with Crippen LogP contribution in [0.3, 0.4) is 0 Å². The van der Waals surface area contributed by atoms with E-state index >= 15 is 0 Å². The van der Waals surface area contributed by atoms with Crippen LogP contribution in [0.1, 0.15) is 22.3 Å². The number of esters is 1. The van der Waals surface area contributed by atoms with Gasteiger partial charge in [-0.3, -0.25) is 4.79 Å². The Morgan fingerprint density at radius 3 is 2.50 bits per heavy atom. The maximum absolute atomic E-state index is 12.2. The van der Waals surface area contributed by atoms with Crippen molar-refractivity contribution in [2.75, 3.05) is 31.9 Å². The van der Waals surface area contributed by atoms with Crippen LogP contribution in [0.4, 0.5) is 11.4 Å². The average Bonchev–Trinajstić information content (AvgIpc) is 2.66. The molecule has 0 aliphatic rings. The Bertz CT molecular complexity index is 765. The highest BCUT2D eigenvalue weighted by Gasteiger charge is 2.15. The van der Waals surface area contributed by atoms with E-state index in [1.54, 1.807) is 32.4 Å². The summed E-state index contributed by atoms with van der Waals surface area (Å²) >= 11 is 0. The summed E-state index contributed by atoms with van der Waals surface area (Å²) in [6, 6.07) is 12.7. The Kier molecular flexibility index (Phi) is 8.45. The van der Waals surface area contributed by atoms with E-state index < -0.39 is 5.97 Å². The molecule has 7 heteroatoms. The fraction of sp³-hybridized carbons (Fsp3) is 0.263. The number of hydrogen-bond acceptors (Lipinski definition) is 5. The van der Waals surface area contributed by atoms with Crippen LogP contribution in [0, 0.1) is 0 Å². The zero-order chi connectivity index (χ0) is 18.2. The molecular weight excluding hydrogens is 356 g/mol. The van der Waals surface area contributed by atoms with Gasteiger partial charge in [-0.25, -0.2) is 4.79 Å². The first-order valence-corrected chi connectivity index (χ1v) is 7.90. The number of rotatable bonds is 7. The molecule has 0 radical (unpaired) electrons. The summed E-state index contributed by atoms with van der Waals surface area (Å²) in [6.07, 6.45) is 0.868. The number of nitrogens with one attached hydrogen (secondary N) is 2. The monoisotopic (exact) mass is 378 g/mol. The van der Waals surface area contributed by atoms with Crippen molar-refractivity contribution < 1.29 is 19.1 Å². The van der Waals surface area contributed by atoms with Gasteiger partial charge in [-0.15, -0.1) is 12.4 Å². The standard InChI is InChI=1S/C19H22N2O4.ClH/c1-20-14-8-9-17(16(12-14)19(23)25-3)21-18(22)10-7-13-5-4-6-15(11-13)24-2;/h4-6,8-9,11-12,20H,7,10H2,1-3H3,(H,21,22);1H. The van der Waals surface area contributed by atoms with Gasteiger partial charge < -0.3 is 20.1 Å². The van der Waals surface area contributed by atoms with Gasteiger partial charge in [0.05, 0.1) is 25.5 Å². The maximum atomic E-state index is 12.2. The molecule has 2 aromatic carbocycles. The first kappa shape index (κ1) is 21.3. The largest absolute Gasteiger partial charge is 0.497 e. The number of benzene rings is 2. The van der Waals surface area contributed by atoms with Gasteiger partial charge in [0.2, 0.25) is 5.91 Å². The van der Waals surface area contributed by atoms with E-state index in [0.29, 0.717) is 24.1 Å². The summed E-state index contributed by atoms with van der Waals surface area (Å²) in [6.45, 7) is 0. The minimum Gasteiger partial charge on any atom is -0.497 e. The Hall–Kier alpha value is -2.73. The molecule has 0 saturated carbocycles. The lowest BCUT2D eigenvalue weighted by atomic mass is 10.1. The molecule has 2 N–H and O–H groups in total. The molecule has 0 fully saturated rings. The van der Waals surface area contributed by atoms with Gasteiger partial charge in [0.1, 0.15) is 5.75 Å². The Morgan fingerprint density at radius 1 is 1.08 bits per heavy atom. The molecule has 0 unspecified atom stereocenters. The molecular formula is C19H23ClN2O4. The van der Waals surface area contributed by atoms with Gasteiger partial charge in [-0.1, -0.05) is 12.1 Å². The number of carbonyl (C=O) groups is 2. The summed E-state index contributed by atoms with van der Waals surface area (Å²) in [7, 11) is 4.67. The SMILES string of the molecule is CNc1ccc(NC(=O)CCc2cccc(OC)c2)c(C(=O)OC)c1.Cl. The van der Waals surface area contributed by atoms with E-state index in [-0.39, 0.29) is 18.3 Å². The Morgan fingerprint density at radius 2 is 1.85 bits per heavy atom. The van der Waals surface area contributed by atoms with Gasteiger partial charge in [0, 0.05) is 19.2 Å². The van der Waals surface area contributed by atoms with Crippen molar-refractivity contribution in [1.29, 1.82) is 0 Å². The van der Waals surface area contributed by atoms with Crippen LogP contribution >= 0.6 is 12.4 Å². The molecule has 0 aromatic heterocycles. The molecule has 0 atom stereocenters. The topological polar surface area (TPSA) is 76.7 Å². The fourth-order valence-electron chi connectivity index (χ4n) is 2.39. The van der Waals surface area contributed by atoms with Gasteiger partial charge in [-0.2, -0.15) is 0 Å². The summed E-state index contributed by atoms with van der Waals surface area (Å²) in [4.78, 5) is 24.2. The molecule has 0 saturated heterocycles. The number of methoxy groups -OCH3 is 2. The molecule has 6 nitrogen and oxygen atoms in total. The van der Waals surface area contributed by atoms with Crippen LogP contribution in [0.2, 0.25) is 0 Å². The first-order valence-electron chi connectivity index (χ1n) is 7.90. The minimum atomic E-state index is -0.500. The molecule has 26 heavy (non-hydrogen) atoms. The minimum absolute atomic E-state index is 0. The molecule has 140 valence electrons. The molecule has 2 aromatic rings. The molecule has 0 spiro atoms. The summed E-state index contributed by atoms with van der Waals surface area (Å²) in [5, 5.41) is 5.73. The second-order valence-electron chi connectivity index (χ2n) is 5.40. The molecule has 1 amide bonds. The Labute approximate surface area is 159 Å². The summed E-state index contributed by atoms with van der Waals surface area (Å²) < 4.78 is 9.96.